The molecule has 1 aromatic carbocycles. The highest BCUT2D eigenvalue weighted by Gasteiger charge is 2.23. The van der Waals surface area contributed by atoms with Crippen molar-refractivity contribution in [2.75, 3.05) is 44.7 Å². The van der Waals surface area contributed by atoms with Crippen molar-refractivity contribution in [1.29, 1.82) is 0 Å². The van der Waals surface area contributed by atoms with Gasteiger partial charge in [-0.15, -0.1) is 0 Å². The van der Waals surface area contributed by atoms with Gasteiger partial charge in [-0.2, -0.15) is 0 Å². The molecule has 1 aliphatic rings. The van der Waals surface area contributed by atoms with Crippen molar-refractivity contribution in [2.45, 2.75) is 12.5 Å². The number of hydrogen-bond acceptors (Lipinski definition) is 4. The third-order valence-electron chi connectivity index (χ3n) is 3.75. The molecule has 1 saturated heterocycles. The van der Waals surface area contributed by atoms with Crippen molar-refractivity contribution >= 4 is 11.6 Å². The zero-order valence-corrected chi connectivity index (χ0v) is 12.0. The largest absolute Gasteiger partial charge is 0.380 e. The van der Waals surface area contributed by atoms with E-state index in [0.717, 1.165) is 26.2 Å². The molecule has 1 aromatic rings. The maximum atomic E-state index is 12.1. The van der Waals surface area contributed by atoms with Crippen LogP contribution in [0.1, 0.15) is 6.42 Å². The van der Waals surface area contributed by atoms with Crippen LogP contribution in [0, 0.1) is 0 Å². The summed E-state index contributed by atoms with van der Waals surface area (Å²) in [5.74, 6) is 0.134. The monoisotopic (exact) mass is 277 g/mol. The first-order valence-corrected chi connectivity index (χ1v) is 7.05. The van der Waals surface area contributed by atoms with Crippen LogP contribution in [0.2, 0.25) is 0 Å². The van der Waals surface area contributed by atoms with Crippen molar-refractivity contribution in [3.63, 3.8) is 0 Å². The van der Waals surface area contributed by atoms with Crippen molar-refractivity contribution in [1.82, 2.24) is 4.90 Å². The molecule has 2 N–H and O–H groups in total. The van der Waals surface area contributed by atoms with Crippen LogP contribution >= 0.6 is 0 Å². The topological polar surface area (TPSA) is 58.8 Å². The number of rotatable bonds is 5. The molecule has 1 fully saturated rings. The maximum Gasteiger partial charge on any atom is 0.225 e. The summed E-state index contributed by atoms with van der Waals surface area (Å²) < 4.78 is 5.17. The minimum absolute atomic E-state index is 0.134. The first kappa shape index (κ1) is 14.8. The Morgan fingerprint density at radius 3 is 2.45 bits per heavy atom. The quantitative estimate of drug-likeness (QED) is 0.860. The van der Waals surface area contributed by atoms with Crippen LogP contribution in [0.3, 0.4) is 0 Å². The summed E-state index contributed by atoms with van der Waals surface area (Å²) >= 11 is 0. The lowest BCUT2D eigenvalue weighted by atomic mass is 10.2. The molecule has 0 saturated carbocycles. The van der Waals surface area contributed by atoms with E-state index in [1.165, 1.54) is 5.69 Å². The molecule has 0 aliphatic carbocycles. The van der Waals surface area contributed by atoms with Crippen LogP contribution in [0.4, 0.5) is 5.69 Å². The predicted octanol–water partition coefficient (Wildman–Crippen LogP) is 0.699. The first-order chi connectivity index (χ1) is 9.74. The number of nitrogens with zero attached hydrogens (tertiary/aromatic N) is 2. The fourth-order valence-corrected chi connectivity index (χ4v) is 2.44. The smallest absolute Gasteiger partial charge is 0.225 e. The maximum absolute atomic E-state index is 12.1. The summed E-state index contributed by atoms with van der Waals surface area (Å²) in [6.45, 7) is 3.64. The standard InChI is InChI=1S/C15H23N3O2/c1-20-14(12-16)11-15(19)18-9-7-17(8-10-18)13-5-3-2-4-6-13/h2-6,14H,7-12,16H2,1H3. The molecule has 0 radical (unpaired) electrons. The number of benzene rings is 1. The molecule has 0 bridgehead atoms. The van der Waals surface area contributed by atoms with Gasteiger partial charge in [-0.3, -0.25) is 4.79 Å². The van der Waals surface area contributed by atoms with Gasteiger partial charge in [-0.05, 0) is 12.1 Å². The minimum Gasteiger partial charge on any atom is -0.380 e. The Balaban J connectivity index is 1.83. The lowest BCUT2D eigenvalue weighted by Gasteiger charge is -2.36. The molecule has 110 valence electrons. The Morgan fingerprint density at radius 1 is 1.25 bits per heavy atom. The van der Waals surface area contributed by atoms with Gasteiger partial charge in [0, 0.05) is 45.5 Å². The van der Waals surface area contributed by atoms with Gasteiger partial charge < -0.3 is 20.3 Å². The zero-order chi connectivity index (χ0) is 14.4. The summed E-state index contributed by atoms with van der Waals surface area (Å²) in [5, 5.41) is 0. The number of methoxy groups -OCH3 is 1. The van der Waals surface area contributed by atoms with Crippen LogP contribution in [-0.2, 0) is 9.53 Å². The van der Waals surface area contributed by atoms with E-state index in [1.54, 1.807) is 7.11 Å². The number of piperazine rings is 1. The van der Waals surface area contributed by atoms with Crippen LogP contribution in [0.25, 0.3) is 0 Å². The van der Waals surface area contributed by atoms with Gasteiger partial charge in [0.25, 0.3) is 0 Å². The Hall–Kier alpha value is -1.59. The van der Waals surface area contributed by atoms with Crippen molar-refractivity contribution in [3.05, 3.63) is 30.3 Å². The average molecular weight is 277 g/mol. The molecule has 20 heavy (non-hydrogen) atoms. The van der Waals surface area contributed by atoms with Crippen molar-refractivity contribution in [2.24, 2.45) is 5.73 Å². The number of carbonyl (C=O) groups is 1. The highest BCUT2D eigenvalue weighted by Crippen LogP contribution is 2.16. The highest BCUT2D eigenvalue weighted by molar-refractivity contribution is 5.77. The first-order valence-electron chi connectivity index (χ1n) is 7.05. The molecule has 0 aromatic heterocycles. The summed E-state index contributed by atoms with van der Waals surface area (Å²) in [7, 11) is 1.60. The molecule has 0 spiro atoms. The molecular formula is C15H23N3O2. The molecule has 5 heteroatoms. The highest BCUT2D eigenvalue weighted by atomic mass is 16.5. The van der Waals surface area contributed by atoms with E-state index in [9.17, 15) is 4.79 Å². The normalized spacial score (nSPS) is 17.1. The lowest BCUT2D eigenvalue weighted by molar-refractivity contribution is -0.133. The fourth-order valence-electron chi connectivity index (χ4n) is 2.44. The molecule has 2 rings (SSSR count). The molecular weight excluding hydrogens is 254 g/mol. The Kier molecular flexibility index (Phi) is 5.38. The number of hydrogen-bond donors (Lipinski definition) is 1. The number of para-hydroxylation sites is 1. The van der Waals surface area contributed by atoms with Crippen LogP contribution in [-0.4, -0.2) is 56.7 Å². The van der Waals surface area contributed by atoms with Crippen LogP contribution < -0.4 is 10.6 Å². The molecule has 1 aliphatic heterocycles. The molecule has 1 heterocycles. The van der Waals surface area contributed by atoms with E-state index in [-0.39, 0.29) is 12.0 Å². The average Bonchev–Trinajstić information content (AvgIpc) is 2.53. The van der Waals surface area contributed by atoms with Gasteiger partial charge in [0.05, 0.1) is 12.5 Å². The van der Waals surface area contributed by atoms with E-state index in [0.29, 0.717) is 13.0 Å². The van der Waals surface area contributed by atoms with E-state index in [4.69, 9.17) is 10.5 Å². The predicted molar refractivity (Wildman–Crippen MR) is 79.7 cm³/mol. The lowest BCUT2D eigenvalue weighted by Crippen LogP contribution is -2.49. The second kappa shape index (κ2) is 7.26. The second-order valence-electron chi connectivity index (χ2n) is 5.00. The number of anilines is 1. The summed E-state index contributed by atoms with van der Waals surface area (Å²) in [6.07, 6.45) is 0.202. The SMILES string of the molecule is COC(CN)CC(=O)N1CCN(c2ccccc2)CC1. The molecule has 1 amide bonds. The number of amides is 1. The Labute approximate surface area is 120 Å². The number of ether oxygens (including phenoxy) is 1. The summed E-state index contributed by atoms with van der Waals surface area (Å²) in [4.78, 5) is 16.4. The van der Waals surface area contributed by atoms with Crippen LogP contribution in [0.15, 0.2) is 30.3 Å². The zero-order valence-electron chi connectivity index (χ0n) is 12.0. The van der Waals surface area contributed by atoms with Gasteiger partial charge in [0.1, 0.15) is 0 Å². The third kappa shape index (κ3) is 3.71. The molecule has 5 nitrogen and oxygen atoms in total. The van der Waals surface area contributed by atoms with Gasteiger partial charge in [-0.25, -0.2) is 0 Å². The van der Waals surface area contributed by atoms with Crippen molar-refractivity contribution in [3.8, 4) is 0 Å². The van der Waals surface area contributed by atoms with Gasteiger partial charge >= 0.3 is 0 Å². The van der Waals surface area contributed by atoms with Gasteiger partial charge in [0.2, 0.25) is 5.91 Å². The van der Waals surface area contributed by atoms with Gasteiger partial charge in [-0.1, -0.05) is 18.2 Å². The van der Waals surface area contributed by atoms with Gasteiger partial charge in [0.15, 0.2) is 0 Å². The molecule has 1 unspecified atom stereocenters. The summed E-state index contributed by atoms with van der Waals surface area (Å²) in [6, 6.07) is 10.3. The van der Waals surface area contributed by atoms with Crippen molar-refractivity contribution < 1.29 is 9.53 Å². The number of nitrogens with two attached hydrogens (primary N) is 1. The van der Waals surface area contributed by atoms with E-state index in [1.807, 2.05) is 23.1 Å². The van der Waals surface area contributed by atoms with E-state index >= 15 is 0 Å². The Bertz CT molecular complexity index is 412. The van der Waals surface area contributed by atoms with Crippen LogP contribution in [0.5, 0.6) is 0 Å². The Morgan fingerprint density at radius 2 is 1.90 bits per heavy atom. The fraction of sp³-hybridized carbons (Fsp3) is 0.533. The second-order valence-corrected chi connectivity index (χ2v) is 5.00. The minimum atomic E-state index is -0.172. The van der Waals surface area contributed by atoms with E-state index in [2.05, 4.69) is 17.0 Å². The summed E-state index contributed by atoms with van der Waals surface area (Å²) in [5.41, 5.74) is 6.77. The number of carbonyl (C=O) groups excluding carboxylic acids is 1. The van der Waals surface area contributed by atoms with E-state index < -0.39 is 0 Å². The third-order valence-corrected chi connectivity index (χ3v) is 3.75. The molecule has 1 atom stereocenters.